The molecule has 0 fully saturated rings. The molecule has 1 aliphatic carbocycles. The molecule has 3 rings (SSSR count). The molecule has 0 saturated heterocycles. The fourth-order valence-corrected chi connectivity index (χ4v) is 4.70. The van der Waals surface area contributed by atoms with Crippen molar-refractivity contribution in [2.45, 2.75) is 19.3 Å². The largest absolute Gasteiger partial charge is 0.480 e. The Bertz CT molecular complexity index is 745. The molecule has 0 saturated carbocycles. The second-order valence-corrected chi connectivity index (χ2v) is 7.42. The van der Waals surface area contributed by atoms with Gasteiger partial charge in [-0.25, -0.2) is 0 Å². The van der Waals surface area contributed by atoms with Crippen LogP contribution in [0.15, 0.2) is 48.5 Å². The van der Waals surface area contributed by atoms with E-state index in [-0.39, 0.29) is 26.7 Å². The number of hydrogen-bond donors (Lipinski definition) is 1. The number of rotatable bonds is 7. The third kappa shape index (κ3) is 3.74. The topological polar surface area (TPSA) is 57.6 Å². The van der Waals surface area contributed by atoms with Gasteiger partial charge in [-0.3, -0.25) is 9.59 Å². The predicted octanol–water partition coefficient (Wildman–Crippen LogP) is 4.39. The molecule has 2 aromatic carbocycles. The molecular formula is C20H22NO3P. The van der Waals surface area contributed by atoms with Crippen LogP contribution in [0, 0.1) is 0 Å². The number of fused-ring (bicyclic) bond motifs is 3. The van der Waals surface area contributed by atoms with Gasteiger partial charge >= 0.3 is 5.97 Å². The summed E-state index contributed by atoms with van der Waals surface area (Å²) in [4.78, 5) is 25.0. The highest BCUT2D eigenvalue weighted by atomic mass is 31.1. The zero-order chi connectivity index (χ0) is 17.8. The van der Waals surface area contributed by atoms with E-state index in [4.69, 9.17) is 5.11 Å². The number of nitrogens with zero attached hydrogens (tertiary/aromatic N) is 1. The Morgan fingerprint density at radius 3 is 2.12 bits per heavy atom. The van der Waals surface area contributed by atoms with Crippen molar-refractivity contribution in [3.8, 4) is 11.1 Å². The molecule has 1 atom stereocenters. The lowest BCUT2D eigenvalue weighted by Gasteiger charge is -2.21. The maximum Gasteiger partial charge on any atom is 0.323 e. The molecule has 1 unspecified atom stereocenters. The number of hydrogen-bond acceptors (Lipinski definition) is 2. The molecule has 2 aromatic rings. The van der Waals surface area contributed by atoms with Crippen molar-refractivity contribution in [2.24, 2.45) is 0 Å². The van der Waals surface area contributed by atoms with Crippen molar-refractivity contribution in [1.82, 2.24) is 4.90 Å². The molecular weight excluding hydrogens is 333 g/mol. The highest BCUT2D eigenvalue weighted by molar-refractivity contribution is 7.57. The van der Waals surface area contributed by atoms with E-state index in [1.807, 2.05) is 31.2 Å². The molecule has 0 aliphatic heterocycles. The van der Waals surface area contributed by atoms with Crippen LogP contribution in [-0.4, -0.2) is 40.9 Å². The molecule has 0 heterocycles. The minimum Gasteiger partial charge on any atom is -0.480 e. The molecule has 5 heteroatoms. The first-order valence-corrected chi connectivity index (χ1v) is 9.75. The minimum absolute atomic E-state index is 0.0499. The van der Waals surface area contributed by atoms with E-state index in [0.717, 1.165) is 12.6 Å². The monoisotopic (exact) mass is 355 g/mol. The fourth-order valence-electron chi connectivity index (χ4n) is 3.47. The number of amides is 1. The lowest BCUT2D eigenvalue weighted by atomic mass is 9.99. The maximum atomic E-state index is 12.5. The van der Waals surface area contributed by atoms with Gasteiger partial charge in [0.1, 0.15) is 6.54 Å². The van der Waals surface area contributed by atoms with Crippen molar-refractivity contribution in [1.29, 1.82) is 0 Å². The van der Waals surface area contributed by atoms with Crippen LogP contribution in [0.25, 0.3) is 11.1 Å². The Labute approximate surface area is 149 Å². The van der Waals surface area contributed by atoms with Gasteiger partial charge in [-0.15, -0.1) is 0 Å². The molecule has 0 bridgehead atoms. The number of carboxylic acids is 1. The third-order valence-corrected chi connectivity index (χ3v) is 5.76. The standard InChI is InChI=1S/C20H22NO3P/c1-2-11-21(12-19(22)23)20(24)25-13-18-16-9-5-3-7-14(16)15-8-4-6-10-17(15)18/h3-10,18,25H,2,11-13H2,1H3,(H,22,23). The Hall–Kier alpha value is -2.19. The van der Waals surface area contributed by atoms with Crippen LogP contribution in [0.1, 0.15) is 30.4 Å². The smallest absolute Gasteiger partial charge is 0.323 e. The van der Waals surface area contributed by atoms with Gasteiger partial charge in [0.25, 0.3) is 0 Å². The van der Waals surface area contributed by atoms with Gasteiger partial charge in [0.2, 0.25) is 5.65 Å². The van der Waals surface area contributed by atoms with Crippen molar-refractivity contribution in [2.75, 3.05) is 19.3 Å². The fraction of sp³-hybridized carbons (Fsp3) is 0.300. The number of carbonyl (C=O) groups is 2. The van der Waals surface area contributed by atoms with Crippen LogP contribution in [0.2, 0.25) is 0 Å². The summed E-state index contributed by atoms with van der Waals surface area (Å²) in [5.74, 6) is -0.744. The van der Waals surface area contributed by atoms with Gasteiger partial charge in [0.05, 0.1) is 0 Å². The Morgan fingerprint density at radius 1 is 1.04 bits per heavy atom. The van der Waals surface area contributed by atoms with Gasteiger partial charge in [-0.1, -0.05) is 55.5 Å². The molecule has 0 aromatic heterocycles. The predicted molar refractivity (Wildman–Crippen MR) is 102 cm³/mol. The van der Waals surface area contributed by atoms with Crippen LogP contribution in [0.4, 0.5) is 4.79 Å². The Morgan fingerprint density at radius 2 is 1.60 bits per heavy atom. The molecule has 25 heavy (non-hydrogen) atoms. The molecule has 1 aliphatic rings. The quantitative estimate of drug-likeness (QED) is 0.749. The first kappa shape index (κ1) is 17.6. The molecule has 1 amide bonds. The lowest BCUT2D eigenvalue weighted by Crippen LogP contribution is -2.33. The first-order valence-electron chi connectivity index (χ1n) is 8.54. The average molecular weight is 355 g/mol. The first-order chi connectivity index (χ1) is 12.1. The van der Waals surface area contributed by atoms with E-state index in [0.29, 0.717) is 6.54 Å². The van der Waals surface area contributed by atoms with E-state index in [9.17, 15) is 9.59 Å². The molecule has 0 spiro atoms. The molecule has 130 valence electrons. The number of aliphatic carboxylic acids is 1. The van der Waals surface area contributed by atoms with Gasteiger partial charge < -0.3 is 10.0 Å². The minimum atomic E-state index is -0.955. The van der Waals surface area contributed by atoms with Crippen LogP contribution in [-0.2, 0) is 4.79 Å². The summed E-state index contributed by atoms with van der Waals surface area (Å²) in [6, 6.07) is 16.7. The molecule has 4 nitrogen and oxygen atoms in total. The summed E-state index contributed by atoms with van der Waals surface area (Å²) >= 11 is 0. The zero-order valence-electron chi connectivity index (χ0n) is 14.2. The highest BCUT2D eigenvalue weighted by Crippen LogP contribution is 2.46. The summed E-state index contributed by atoms with van der Waals surface area (Å²) in [5.41, 5.74) is 4.98. The maximum absolute atomic E-state index is 12.5. The van der Waals surface area contributed by atoms with Crippen LogP contribution >= 0.6 is 8.58 Å². The highest BCUT2D eigenvalue weighted by Gasteiger charge is 2.28. The third-order valence-electron chi connectivity index (χ3n) is 4.53. The number of benzene rings is 2. The summed E-state index contributed by atoms with van der Waals surface area (Å²) < 4.78 is 0. The van der Waals surface area contributed by atoms with Crippen molar-refractivity contribution in [3.05, 3.63) is 59.7 Å². The average Bonchev–Trinajstić information content (AvgIpc) is 2.93. The lowest BCUT2D eigenvalue weighted by molar-refractivity contribution is -0.137. The van der Waals surface area contributed by atoms with Crippen molar-refractivity contribution >= 4 is 20.2 Å². The van der Waals surface area contributed by atoms with Crippen molar-refractivity contribution < 1.29 is 14.7 Å². The van der Waals surface area contributed by atoms with E-state index in [1.165, 1.54) is 27.2 Å². The van der Waals surface area contributed by atoms with Gasteiger partial charge in [0.15, 0.2) is 0 Å². The SMILES string of the molecule is CCCN(CC(=O)O)C(=O)PCC1c2ccccc2-c2ccccc21. The van der Waals surface area contributed by atoms with Crippen LogP contribution in [0.5, 0.6) is 0 Å². The molecule has 1 N–H and O–H groups in total. The molecule has 0 radical (unpaired) electrons. The number of carbonyl (C=O) groups excluding carboxylic acids is 1. The van der Waals surface area contributed by atoms with E-state index in [2.05, 4.69) is 24.3 Å². The normalized spacial score (nSPS) is 13.0. The Balaban J connectivity index is 1.77. The van der Waals surface area contributed by atoms with Gasteiger partial charge in [-0.2, -0.15) is 0 Å². The van der Waals surface area contributed by atoms with E-state index < -0.39 is 5.97 Å². The second kappa shape index (κ2) is 7.79. The summed E-state index contributed by atoms with van der Waals surface area (Å²) in [6.07, 6.45) is 1.49. The summed E-state index contributed by atoms with van der Waals surface area (Å²) in [5, 5.41) is 9.01. The Kier molecular flexibility index (Phi) is 5.50. The van der Waals surface area contributed by atoms with E-state index >= 15 is 0 Å². The van der Waals surface area contributed by atoms with E-state index in [1.54, 1.807) is 0 Å². The van der Waals surface area contributed by atoms with Gasteiger partial charge in [-0.05, 0) is 43.4 Å². The second-order valence-electron chi connectivity index (χ2n) is 6.23. The van der Waals surface area contributed by atoms with Gasteiger partial charge in [0, 0.05) is 12.5 Å². The summed E-state index contributed by atoms with van der Waals surface area (Å²) in [7, 11) is 0.0774. The van der Waals surface area contributed by atoms with Crippen LogP contribution in [0.3, 0.4) is 0 Å². The summed E-state index contributed by atoms with van der Waals surface area (Å²) in [6.45, 7) is 2.24. The van der Waals surface area contributed by atoms with Crippen LogP contribution < -0.4 is 0 Å². The number of carboxylic acid groups (broad SMARTS) is 1. The zero-order valence-corrected chi connectivity index (χ0v) is 15.2. The van der Waals surface area contributed by atoms with Crippen molar-refractivity contribution in [3.63, 3.8) is 0 Å².